The van der Waals surface area contributed by atoms with Crippen molar-refractivity contribution in [2.24, 2.45) is 7.05 Å². The van der Waals surface area contributed by atoms with E-state index in [1.807, 2.05) is 0 Å². The summed E-state index contributed by atoms with van der Waals surface area (Å²) in [6, 6.07) is 8.41. The minimum Gasteiger partial charge on any atom is -0.415 e. The lowest BCUT2D eigenvalue weighted by atomic mass is 10.0. The van der Waals surface area contributed by atoms with Gasteiger partial charge in [-0.05, 0) is 29.3 Å². The third-order valence-corrected chi connectivity index (χ3v) is 5.60. The van der Waals surface area contributed by atoms with Crippen molar-refractivity contribution in [2.75, 3.05) is 16.0 Å². The molecular weight excluding hydrogens is 603 g/mol. The second-order valence-corrected chi connectivity index (χ2v) is 9.06. The quantitative estimate of drug-likeness (QED) is 0.0877. The average Bonchev–Trinajstić information content (AvgIpc) is 3.34. The van der Waals surface area contributed by atoms with E-state index in [-0.39, 0.29) is 34.3 Å². The molecule has 4 rings (SSSR count). The lowest BCUT2D eigenvalue weighted by Crippen LogP contribution is -2.28. The van der Waals surface area contributed by atoms with Crippen LogP contribution in [0, 0.1) is 5.82 Å². The Balaban J connectivity index is 1.63. The van der Waals surface area contributed by atoms with Crippen LogP contribution >= 0.6 is 0 Å². The van der Waals surface area contributed by atoms with Crippen LogP contribution in [-0.2, 0) is 27.8 Å². The summed E-state index contributed by atoms with van der Waals surface area (Å²) in [7, 11) is 1.68. The van der Waals surface area contributed by atoms with Crippen LogP contribution in [0.3, 0.4) is 0 Å². The SMILES string of the molecule is C=C(OC(=O)C(F)(F)F)C(=O)Nc1ccc(F)c(Nc2nc(Nc3cnn(C)c3)ncc2-c2ccc(CC(F)(F)F)cc2)c1. The van der Waals surface area contributed by atoms with E-state index >= 15 is 0 Å². The fourth-order valence-electron chi connectivity index (χ4n) is 3.64. The average molecular weight is 623 g/mol. The van der Waals surface area contributed by atoms with Crippen molar-refractivity contribution in [3.8, 4) is 11.1 Å². The van der Waals surface area contributed by atoms with E-state index in [2.05, 4.69) is 42.3 Å². The van der Waals surface area contributed by atoms with Crippen molar-refractivity contribution in [1.29, 1.82) is 0 Å². The van der Waals surface area contributed by atoms with Gasteiger partial charge in [0.05, 0.1) is 24.0 Å². The van der Waals surface area contributed by atoms with Crippen LogP contribution in [0.2, 0.25) is 0 Å². The van der Waals surface area contributed by atoms with Crippen LogP contribution in [0.25, 0.3) is 11.1 Å². The van der Waals surface area contributed by atoms with Crippen molar-refractivity contribution < 1.29 is 45.1 Å². The minimum atomic E-state index is -5.37. The molecule has 0 spiro atoms. The number of amides is 1. The molecule has 0 aliphatic heterocycles. The van der Waals surface area contributed by atoms with Gasteiger partial charge in [0.1, 0.15) is 11.6 Å². The molecule has 0 atom stereocenters. The highest BCUT2D eigenvalue weighted by molar-refractivity contribution is 6.03. The van der Waals surface area contributed by atoms with Gasteiger partial charge in [-0.15, -0.1) is 0 Å². The lowest BCUT2D eigenvalue weighted by Gasteiger charge is -2.15. The number of benzene rings is 2. The van der Waals surface area contributed by atoms with Crippen LogP contribution in [0.15, 0.2) is 73.4 Å². The Morgan fingerprint density at radius 2 is 1.68 bits per heavy atom. The number of nitrogens with one attached hydrogen (secondary N) is 3. The molecule has 10 nitrogen and oxygen atoms in total. The topological polar surface area (TPSA) is 123 Å². The monoisotopic (exact) mass is 623 g/mol. The summed E-state index contributed by atoms with van der Waals surface area (Å²) < 4.78 is 96.1. The molecule has 2 heterocycles. The molecule has 4 aromatic rings. The highest BCUT2D eigenvalue weighted by Gasteiger charge is 2.42. The van der Waals surface area contributed by atoms with Gasteiger partial charge in [-0.1, -0.05) is 30.8 Å². The van der Waals surface area contributed by atoms with Crippen molar-refractivity contribution in [2.45, 2.75) is 18.8 Å². The van der Waals surface area contributed by atoms with Gasteiger partial charge < -0.3 is 20.7 Å². The van der Waals surface area contributed by atoms with Crippen LogP contribution in [0.1, 0.15) is 5.56 Å². The highest BCUT2D eigenvalue weighted by atomic mass is 19.4. The normalized spacial score (nSPS) is 11.5. The summed E-state index contributed by atoms with van der Waals surface area (Å²) in [5, 5.41) is 11.8. The fourth-order valence-corrected chi connectivity index (χ4v) is 3.64. The van der Waals surface area contributed by atoms with Crippen molar-refractivity contribution in [1.82, 2.24) is 19.7 Å². The molecule has 0 unspecified atom stereocenters. The molecule has 3 N–H and O–H groups in total. The van der Waals surface area contributed by atoms with Gasteiger partial charge in [-0.2, -0.15) is 36.4 Å². The second kappa shape index (κ2) is 12.4. The van der Waals surface area contributed by atoms with E-state index in [0.717, 1.165) is 18.2 Å². The number of halogens is 7. The maximum atomic E-state index is 14.9. The molecule has 17 heteroatoms. The number of hydrogen-bond donors (Lipinski definition) is 3. The van der Waals surface area contributed by atoms with Crippen LogP contribution < -0.4 is 16.0 Å². The highest BCUT2D eigenvalue weighted by Crippen LogP contribution is 2.33. The summed E-state index contributed by atoms with van der Waals surface area (Å²) in [5.41, 5.74) is 0.722. The smallest absolute Gasteiger partial charge is 0.415 e. The van der Waals surface area contributed by atoms with Gasteiger partial charge in [0.15, 0.2) is 5.76 Å². The van der Waals surface area contributed by atoms with Crippen LogP contribution in [0.5, 0.6) is 0 Å². The number of carbonyl (C=O) groups is 2. The van der Waals surface area contributed by atoms with Crippen molar-refractivity contribution in [3.05, 3.63) is 84.8 Å². The number of nitrogens with zero attached hydrogens (tertiary/aromatic N) is 4. The summed E-state index contributed by atoms with van der Waals surface area (Å²) in [5.74, 6) is -5.96. The Kier molecular flexibility index (Phi) is 8.87. The molecule has 0 aliphatic carbocycles. The molecule has 230 valence electrons. The zero-order chi connectivity index (χ0) is 32.2. The van der Waals surface area contributed by atoms with E-state index in [0.29, 0.717) is 11.3 Å². The van der Waals surface area contributed by atoms with Gasteiger partial charge in [0.25, 0.3) is 5.91 Å². The zero-order valence-electron chi connectivity index (χ0n) is 22.3. The molecule has 0 radical (unpaired) electrons. The number of alkyl halides is 6. The maximum Gasteiger partial charge on any atom is 0.491 e. The molecule has 0 saturated carbocycles. The third kappa shape index (κ3) is 8.30. The van der Waals surface area contributed by atoms with E-state index in [4.69, 9.17) is 0 Å². The van der Waals surface area contributed by atoms with Crippen LogP contribution in [0.4, 0.5) is 59.6 Å². The molecule has 0 fully saturated rings. The number of hydrogen-bond acceptors (Lipinski definition) is 8. The van der Waals surface area contributed by atoms with E-state index in [1.165, 1.54) is 41.3 Å². The molecular formula is C27H20F7N7O3. The van der Waals surface area contributed by atoms with Crippen molar-refractivity contribution >= 4 is 40.7 Å². The predicted octanol–water partition coefficient (Wildman–Crippen LogP) is 6.17. The second-order valence-electron chi connectivity index (χ2n) is 9.06. The van der Waals surface area contributed by atoms with Gasteiger partial charge in [-0.3, -0.25) is 9.48 Å². The Hall–Kier alpha value is -5.48. The van der Waals surface area contributed by atoms with Crippen molar-refractivity contribution in [3.63, 3.8) is 0 Å². The standard InChI is InChI=1S/C27H20F7N7O3/c1-14(44-24(43)27(32,33)34)23(42)37-17-7-8-20(28)21(9-17)39-22-19(16-5-3-15(4-6-16)10-26(29,30)31)12-35-25(40-22)38-18-11-36-41(2)13-18/h3-9,11-13H,1,10H2,2H3,(H,37,42)(H2,35,38,39,40). The van der Waals surface area contributed by atoms with Gasteiger partial charge in [0, 0.05) is 30.7 Å². The Labute approximate surface area is 243 Å². The number of ether oxygens (including phenoxy) is 1. The number of rotatable bonds is 9. The first kappa shape index (κ1) is 31.5. The largest absolute Gasteiger partial charge is 0.491 e. The number of aromatic nitrogens is 4. The van der Waals surface area contributed by atoms with E-state index < -0.39 is 42.2 Å². The Morgan fingerprint density at radius 1 is 0.977 bits per heavy atom. The molecule has 0 aliphatic rings. The minimum absolute atomic E-state index is 0.00327. The maximum absolute atomic E-state index is 14.9. The Morgan fingerprint density at radius 3 is 2.30 bits per heavy atom. The number of esters is 1. The zero-order valence-corrected chi connectivity index (χ0v) is 22.3. The van der Waals surface area contributed by atoms with E-state index in [1.54, 1.807) is 13.2 Å². The van der Waals surface area contributed by atoms with Crippen LogP contribution in [-0.4, -0.2) is 44.0 Å². The number of anilines is 5. The Bertz CT molecular complexity index is 1700. The van der Waals surface area contributed by atoms with Gasteiger partial charge in [0.2, 0.25) is 5.95 Å². The van der Waals surface area contributed by atoms with Gasteiger partial charge in [-0.25, -0.2) is 14.2 Å². The molecule has 0 saturated heterocycles. The van der Waals surface area contributed by atoms with E-state index in [9.17, 15) is 40.3 Å². The summed E-state index contributed by atoms with van der Waals surface area (Å²) in [6.07, 6.45) is -6.48. The number of carbonyl (C=O) groups excluding carboxylic acids is 2. The first-order valence-corrected chi connectivity index (χ1v) is 12.2. The summed E-state index contributed by atoms with van der Waals surface area (Å²) >= 11 is 0. The summed E-state index contributed by atoms with van der Waals surface area (Å²) in [6.45, 7) is 2.99. The first-order valence-electron chi connectivity index (χ1n) is 12.2. The predicted molar refractivity (Wildman–Crippen MR) is 143 cm³/mol. The molecule has 2 aromatic heterocycles. The molecule has 44 heavy (non-hydrogen) atoms. The van der Waals surface area contributed by atoms with Gasteiger partial charge >= 0.3 is 18.3 Å². The summed E-state index contributed by atoms with van der Waals surface area (Å²) in [4.78, 5) is 31.8. The molecule has 0 bridgehead atoms. The number of aryl methyl sites for hydroxylation is 1. The molecule has 1 amide bonds. The lowest BCUT2D eigenvalue weighted by molar-refractivity contribution is -0.195. The first-order chi connectivity index (χ1) is 20.6. The molecule has 2 aromatic carbocycles. The fraction of sp³-hybridized carbons (Fsp3) is 0.148. The third-order valence-electron chi connectivity index (χ3n) is 5.60.